The molecule has 0 aliphatic heterocycles. The zero-order valence-corrected chi connectivity index (χ0v) is 15.6. The number of amides is 1. The van der Waals surface area contributed by atoms with Crippen LogP contribution in [0.5, 0.6) is 0 Å². The molecule has 7 nitrogen and oxygen atoms in total. The van der Waals surface area contributed by atoms with E-state index in [0.29, 0.717) is 22.7 Å². The van der Waals surface area contributed by atoms with Crippen molar-refractivity contribution < 1.29 is 17.7 Å². The number of sulfonamides is 1. The number of para-hydroxylation sites is 1. The van der Waals surface area contributed by atoms with Crippen molar-refractivity contribution in [3.05, 3.63) is 47.3 Å². The summed E-state index contributed by atoms with van der Waals surface area (Å²) >= 11 is 0. The maximum atomic E-state index is 12.4. The topological polar surface area (TPSA) is 101 Å². The Morgan fingerprint density at radius 2 is 1.84 bits per heavy atom. The minimum Gasteiger partial charge on any atom is -0.361 e. The second-order valence-corrected chi connectivity index (χ2v) is 8.60. The van der Waals surface area contributed by atoms with Crippen molar-refractivity contribution in [2.75, 3.05) is 17.0 Å². The molecular formula is C17H23N3O4S. The average molecular weight is 365 g/mol. The molecule has 1 aromatic heterocycles. The van der Waals surface area contributed by atoms with E-state index in [1.165, 1.54) is 0 Å². The number of hydrogen-bond donors (Lipinski definition) is 2. The largest absolute Gasteiger partial charge is 0.361 e. The second kappa shape index (κ2) is 7.26. The Labute approximate surface area is 147 Å². The summed E-state index contributed by atoms with van der Waals surface area (Å²) in [6, 6.07) is 8.59. The fourth-order valence-corrected chi connectivity index (χ4v) is 3.24. The smallest absolute Gasteiger partial charge is 0.256 e. The third kappa shape index (κ3) is 5.06. The molecule has 136 valence electrons. The quantitative estimate of drug-likeness (QED) is 0.819. The highest BCUT2D eigenvalue weighted by Crippen LogP contribution is 2.26. The van der Waals surface area contributed by atoms with Crippen LogP contribution in [-0.2, 0) is 15.4 Å². The normalized spacial score (nSPS) is 12.0. The molecule has 0 saturated heterocycles. The molecule has 1 aromatic carbocycles. The summed E-state index contributed by atoms with van der Waals surface area (Å²) in [7, 11) is -3.55. The number of carbonyl (C=O) groups is 1. The van der Waals surface area contributed by atoms with Gasteiger partial charge < -0.3 is 9.84 Å². The van der Waals surface area contributed by atoms with Crippen molar-refractivity contribution in [1.29, 1.82) is 0 Å². The van der Waals surface area contributed by atoms with Crippen molar-refractivity contribution in [2.45, 2.75) is 33.1 Å². The first-order valence-electron chi connectivity index (χ1n) is 7.90. The predicted molar refractivity (Wildman–Crippen MR) is 96.1 cm³/mol. The van der Waals surface area contributed by atoms with Gasteiger partial charge in [0.1, 0.15) is 17.0 Å². The molecule has 25 heavy (non-hydrogen) atoms. The SMILES string of the molecule is Cc1onc(C(C)(C)C)c1C(=O)NCCS(=O)(=O)Nc1ccccc1. The third-order valence-electron chi connectivity index (χ3n) is 3.50. The third-order valence-corrected chi connectivity index (χ3v) is 4.79. The Morgan fingerprint density at radius 1 is 1.20 bits per heavy atom. The first-order chi connectivity index (χ1) is 11.6. The van der Waals surface area contributed by atoms with Crippen molar-refractivity contribution in [2.24, 2.45) is 0 Å². The lowest BCUT2D eigenvalue weighted by molar-refractivity contribution is 0.0952. The maximum Gasteiger partial charge on any atom is 0.256 e. The summed E-state index contributed by atoms with van der Waals surface area (Å²) in [6.45, 7) is 7.42. The van der Waals surface area contributed by atoms with Crippen LogP contribution in [0.4, 0.5) is 5.69 Å². The van der Waals surface area contributed by atoms with Crippen LogP contribution < -0.4 is 10.0 Å². The Balaban J connectivity index is 1.98. The summed E-state index contributed by atoms with van der Waals surface area (Å²) in [5.41, 5.74) is 1.04. The molecule has 2 N–H and O–H groups in total. The summed E-state index contributed by atoms with van der Waals surface area (Å²) in [5, 5.41) is 6.58. The van der Waals surface area contributed by atoms with E-state index < -0.39 is 15.9 Å². The van der Waals surface area contributed by atoms with E-state index in [-0.39, 0.29) is 17.7 Å². The zero-order valence-electron chi connectivity index (χ0n) is 14.8. The second-order valence-electron chi connectivity index (χ2n) is 6.76. The number of carbonyl (C=O) groups excluding carboxylic acids is 1. The van der Waals surface area contributed by atoms with Crippen LogP contribution in [0.1, 0.15) is 42.6 Å². The van der Waals surface area contributed by atoms with Gasteiger partial charge in [0.25, 0.3) is 5.91 Å². The monoisotopic (exact) mass is 365 g/mol. The molecular weight excluding hydrogens is 342 g/mol. The maximum absolute atomic E-state index is 12.4. The van der Waals surface area contributed by atoms with Gasteiger partial charge in [0.15, 0.2) is 0 Å². The summed E-state index contributed by atoms with van der Waals surface area (Å²) < 4.78 is 31.7. The van der Waals surface area contributed by atoms with Crippen LogP contribution in [0, 0.1) is 6.92 Å². The zero-order chi connectivity index (χ0) is 18.7. The Bertz CT molecular complexity index is 837. The fourth-order valence-electron chi connectivity index (χ4n) is 2.28. The van der Waals surface area contributed by atoms with Gasteiger partial charge in [0.2, 0.25) is 10.0 Å². The summed E-state index contributed by atoms with van der Waals surface area (Å²) in [4.78, 5) is 12.4. The Hall–Kier alpha value is -2.35. The van der Waals surface area contributed by atoms with Gasteiger partial charge in [0.05, 0.1) is 5.75 Å². The van der Waals surface area contributed by atoms with Crippen LogP contribution in [0.2, 0.25) is 0 Å². The number of hydrogen-bond acceptors (Lipinski definition) is 5. The van der Waals surface area contributed by atoms with Gasteiger partial charge in [-0.15, -0.1) is 0 Å². The van der Waals surface area contributed by atoms with E-state index in [9.17, 15) is 13.2 Å². The molecule has 1 amide bonds. The minimum atomic E-state index is -3.55. The highest BCUT2D eigenvalue weighted by Gasteiger charge is 2.28. The predicted octanol–water partition coefficient (Wildman–Crippen LogP) is 2.45. The summed E-state index contributed by atoms with van der Waals surface area (Å²) in [5.74, 6) is -0.214. The number of nitrogens with zero attached hydrogens (tertiary/aromatic N) is 1. The molecule has 0 saturated carbocycles. The highest BCUT2D eigenvalue weighted by atomic mass is 32.2. The van der Waals surface area contributed by atoms with Gasteiger partial charge in [-0.25, -0.2) is 8.42 Å². The van der Waals surface area contributed by atoms with Gasteiger partial charge in [0, 0.05) is 17.6 Å². The molecule has 1 heterocycles. The number of aryl methyl sites for hydroxylation is 1. The van der Waals surface area contributed by atoms with Crippen molar-refractivity contribution in [3.8, 4) is 0 Å². The van der Waals surface area contributed by atoms with Crippen LogP contribution in [-0.4, -0.2) is 31.8 Å². The molecule has 0 spiro atoms. The standard InChI is InChI=1S/C17H23N3O4S/c1-12-14(15(19-24-12)17(2,3)4)16(21)18-10-11-25(22,23)20-13-8-6-5-7-9-13/h5-9,20H,10-11H2,1-4H3,(H,18,21). The van der Waals surface area contributed by atoms with E-state index in [1.54, 1.807) is 37.3 Å². The molecule has 0 radical (unpaired) electrons. The van der Waals surface area contributed by atoms with Crippen LogP contribution in [0.25, 0.3) is 0 Å². The summed E-state index contributed by atoms with van der Waals surface area (Å²) in [6.07, 6.45) is 0. The lowest BCUT2D eigenvalue weighted by Gasteiger charge is -2.16. The number of aromatic nitrogens is 1. The molecule has 2 rings (SSSR count). The van der Waals surface area contributed by atoms with Gasteiger partial charge in [-0.05, 0) is 19.1 Å². The van der Waals surface area contributed by atoms with Gasteiger partial charge >= 0.3 is 0 Å². The van der Waals surface area contributed by atoms with E-state index in [4.69, 9.17) is 4.52 Å². The molecule has 2 aromatic rings. The van der Waals surface area contributed by atoms with Gasteiger partial charge in [-0.3, -0.25) is 9.52 Å². The van der Waals surface area contributed by atoms with E-state index in [1.807, 2.05) is 20.8 Å². The van der Waals surface area contributed by atoms with Gasteiger partial charge in [-0.1, -0.05) is 44.1 Å². The molecule has 0 aliphatic carbocycles. The molecule has 0 bridgehead atoms. The van der Waals surface area contributed by atoms with Crippen molar-refractivity contribution >= 4 is 21.6 Å². The first kappa shape index (κ1) is 19.0. The molecule has 0 fully saturated rings. The van der Waals surface area contributed by atoms with Crippen LogP contribution in [0.3, 0.4) is 0 Å². The Morgan fingerprint density at radius 3 is 2.44 bits per heavy atom. The fraction of sp³-hybridized carbons (Fsp3) is 0.412. The van der Waals surface area contributed by atoms with E-state index >= 15 is 0 Å². The average Bonchev–Trinajstić information content (AvgIpc) is 2.89. The molecule has 0 atom stereocenters. The minimum absolute atomic E-state index is 0.0186. The molecule has 0 unspecified atom stereocenters. The van der Waals surface area contributed by atoms with Crippen LogP contribution >= 0.6 is 0 Å². The van der Waals surface area contributed by atoms with Gasteiger partial charge in [-0.2, -0.15) is 0 Å². The first-order valence-corrected chi connectivity index (χ1v) is 9.56. The number of rotatable bonds is 6. The van der Waals surface area contributed by atoms with Crippen molar-refractivity contribution in [1.82, 2.24) is 10.5 Å². The lowest BCUT2D eigenvalue weighted by atomic mass is 9.88. The van der Waals surface area contributed by atoms with E-state index in [2.05, 4.69) is 15.2 Å². The molecule has 0 aliphatic rings. The number of benzene rings is 1. The Kier molecular flexibility index (Phi) is 5.52. The number of nitrogens with one attached hydrogen (secondary N) is 2. The molecule has 8 heteroatoms. The van der Waals surface area contributed by atoms with E-state index in [0.717, 1.165) is 0 Å². The van der Waals surface area contributed by atoms with Crippen molar-refractivity contribution in [3.63, 3.8) is 0 Å². The van der Waals surface area contributed by atoms with Crippen LogP contribution in [0.15, 0.2) is 34.9 Å². The highest BCUT2D eigenvalue weighted by molar-refractivity contribution is 7.92. The number of anilines is 1. The lowest BCUT2D eigenvalue weighted by Crippen LogP contribution is -2.32.